The normalized spacial score (nSPS) is 21.1. The Labute approximate surface area is 434 Å². The number of aromatic hydroxyl groups is 3. The van der Waals surface area contributed by atoms with Crippen molar-refractivity contribution in [1.29, 1.82) is 0 Å². The molecule has 0 radical (unpaired) electrons. The Bertz CT molecular complexity index is 2000. The van der Waals surface area contributed by atoms with Gasteiger partial charge in [-0.25, -0.2) is 0 Å². The quantitative estimate of drug-likeness (QED) is 0.0983. The van der Waals surface area contributed by atoms with Crippen molar-refractivity contribution in [3.05, 3.63) is 86.5 Å². The molecule has 72 heavy (non-hydrogen) atoms. The first kappa shape index (κ1) is 54.8. The van der Waals surface area contributed by atoms with E-state index in [9.17, 15) is 15.3 Å². The van der Waals surface area contributed by atoms with E-state index in [1.807, 2.05) is 0 Å². The largest absolute Gasteiger partial charge is 0.507 e. The minimum atomic E-state index is -0.760. The maximum absolute atomic E-state index is 12.6. The van der Waals surface area contributed by atoms with Crippen LogP contribution in [0.25, 0.3) is 0 Å². The summed E-state index contributed by atoms with van der Waals surface area (Å²) in [6, 6.07) is 13.9. The van der Waals surface area contributed by atoms with Gasteiger partial charge in [-0.15, -0.1) is 0 Å². The topological polar surface area (TPSA) is 108 Å². The summed E-state index contributed by atoms with van der Waals surface area (Å²) in [6.07, 6.45) is 1.12. The van der Waals surface area contributed by atoms with Gasteiger partial charge >= 0.3 is 0 Å². The highest BCUT2D eigenvalue weighted by Crippen LogP contribution is 2.46. The van der Waals surface area contributed by atoms with Crippen molar-refractivity contribution in [2.24, 2.45) is 0 Å². The van der Waals surface area contributed by atoms with E-state index in [-0.39, 0.29) is 0 Å². The molecule has 15 heteroatoms. The van der Waals surface area contributed by atoms with Crippen molar-refractivity contribution in [1.82, 2.24) is 59.2 Å². The van der Waals surface area contributed by atoms with Crippen LogP contribution in [0.1, 0.15) is 70.3 Å². The van der Waals surface area contributed by atoms with Crippen LogP contribution in [0, 0.1) is 0 Å². The van der Waals surface area contributed by atoms with Crippen LogP contribution >= 0.6 is 0 Å². The number of nitrogens with zero attached hydrogens (tertiary/aromatic N) is 11. The molecule has 5 saturated heterocycles. The van der Waals surface area contributed by atoms with E-state index in [2.05, 4.69) is 152 Å². The number of phenolic OH excluding ortho intramolecular Hbond substituents is 3. The van der Waals surface area contributed by atoms with Gasteiger partial charge in [-0.2, -0.15) is 0 Å². The van der Waals surface area contributed by atoms with Gasteiger partial charge in [-0.3, -0.25) is 24.5 Å². The molecule has 0 amide bonds. The predicted octanol–water partition coefficient (Wildman–Crippen LogP) is 3.33. The summed E-state index contributed by atoms with van der Waals surface area (Å²) in [5.74, 6) is 1.20. The molecular weight excluding hydrogens is 901 g/mol. The fourth-order valence-corrected chi connectivity index (χ4v) is 11.6. The highest BCUT2D eigenvalue weighted by atomic mass is 16.3. The highest BCUT2D eigenvalue weighted by Gasteiger charge is 2.37. The number of hydrogen-bond acceptors (Lipinski definition) is 15. The Morgan fingerprint density at radius 2 is 0.667 bits per heavy atom. The third kappa shape index (κ3) is 14.1. The van der Waals surface area contributed by atoms with Gasteiger partial charge in [0.1, 0.15) is 17.2 Å². The Balaban J connectivity index is 1.32. The molecule has 8 rings (SSSR count). The summed E-state index contributed by atoms with van der Waals surface area (Å²) >= 11 is 0. The van der Waals surface area contributed by atoms with Crippen molar-refractivity contribution in [2.45, 2.75) is 65.0 Å². The van der Waals surface area contributed by atoms with Crippen molar-refractivity contribution < 1.29 is 15.3 Å². The SMILES string of the molecule is CCCN(C)CCNCc1cc(C(C)(c2cc(CN3CCN(C)CC3)c(O)c(CN3CCN(C)CC3)c2)c2cc(CN3CCN(C)CC3)c(O)c(CN3CCN(C)CC3)c2)cc(CN2CCN(C)CC2)c1O. The number of hydrogen-bond donors (Lipinski definition) is 4. The lowest BCUT2D eigenvalue weighted by molar-refractivity contribution is 0.144. The maximum Gasteiger partial charge on any atom is 0.124 e. The minimum absolute atomic E-state index is 0.379. The molecule has 15 nitrogen and oxygen atoms in total. The highest BCUT2D eigenvalue weighted by molar-refractivity contribution is 5.60. The van der Waals surface area contributed by atoms with Gasteiger partial charge in [-0.1, -0.05) is 6.92 Å². The van der Waals surface area contributed by atoms with Crippen LogP contribution in [-0.4, -0.2) is 262 Å². The molecule has 0 saturated carbocycles. The lowest BCUT2D eigenvalue weighted by Gasteiger charge is -2.38. The zero-order valence-corrected chi connectivity index (χ0v) is 45.9. The number of phenols is 3. The lowest BCUT2D eigenvalue weighted by Crippen LogP contribution is -2.44. The Hall–Kier alpha value is -3.42. The fraction of sp³-hybridized carbons (Fsp3) is 0.684. The average Bonchev–Trinajstić information content (AvgIpc) is 3.37. The molecule has 0 unspecified atom stereocenters. The zero-order chi connectivity index (χ0) is 50.9. The van der Waals surface area contributed by atoms with Gasteiger partial charge in [0, 0.05) is 222 Å². The van der Waals surface area contributed by atoms with Gasteiger partial charge in [0.2, 0.25) is 0 Å². The van der Waals surface area contributed by atoms with Crippen LogP contribution in [0.5, 0.6) is 17.2 Å². The number of likely N-dealkylation sites (N-methyl/N-ethyl adjacent to an activating group) is 6. The molecule has 5 aliphatic heterocycles. The third-order valence-electron chi connectivity index (χ3n) is 17.1. The van der Waals surface area contributed by atoms with Crippen LogP contribution in [0.3, 0.4) is 0 Å². The Kier molecular flexibility index (Phi) is 19.4. The second-order valence-electron chi connectivity index (χ2n) is 22.9. The second kappa shape index (κ2) is 25.4. The summed E-state index contributed by atoms with van der Waals surface area (Å²) in [4.78, 5) is 26.9. The van der Waals surface area contributed by atoms with Crippen LogP contribution < -0.4 is 5.32 Å². The van der Waals surface area contributed by atoms with E-state index < -0.39 is 5.41 Å². The van der Waals surface area contributed by atoms with Crippen LogP contribution in [0.4, 0.5) is 0 Å². The van der Waals surface area contributed by atoms with Gasteiger partial charge in [-0.05, 0) is 115 Å². The van der Waals surface area contributed by atoms with Crippen molar-refractivity contribution >= 4 is 0 Å². The molecule has 3 aromatic carbocycles. The molecule has 3 aromatic rings. The molecule has 0 aliphatic carbocycles. The van der Waals surface area contributed by atoms with E-state index in [1.165, 1.54) is 0 Å². The first-order valence-corrected chi connectivity index (χ1v) is 27.6. The van der Waals surface area contributed by atoms with E-state index in [0.717, 1.165) is 207 Å². The molecular formula is C57H94N12O3. The maximum atomic E-state index is 12.6. The van der Waals surface area contributed by atoms with Crippen LogP contribution in [0.2, 0.25) is 0 Å². The number of piperazine rings is 5. The third-order valence-corrected chi connectivity index (χ3v) is 17.1. The summed E-state index contributed by atoms with van der Waals surface area (Å²) in [7, 11) is 13.2. The van der Waals surface area contributed by atoms with Crippen molar-refractivity contribution in [2.75, 3.05) is 193 Å². The lowest BCUT2D eigenvalue weighted by atomic mass is 9.68. The predicted molar refractivity (Wildman–Crippen MR) is 293 cm³/mol. The molecule has 0 spiro atoms. The van der Waals surface area contributed by atoms with E-state index in [4.69, 9.17) is 0 Å². The van der Waals surface area contributed by atoms with Gasteiger partial charge in [0.25, 0.3) is 0 Å². The summed E-state index contributed by atoms with van der Waals surface area (Å²) in [5, 5.41) is 41.3. The molecule has 4 N–H and O–H groups in total. The first-order valence-electron chi connectivity index (χ1n) is 27.6. The smallest absolute Gasteiger partial charge is 0.124 e. The number of rotatable bonds is 20. The van der Waals surface area contributed by atoms with Gasteiger partial charge in [0.05, 0.1) is 0 Å². The van der Waals surface area contributed by atoms with Gasteiger partial charge in [0.15, 0.2) is 0 Å². The summed E-state index contributed by atoms with van der Waals surface area (Å²) < 4.78 is 0. The molecule has 5 heterocycles. The van der Waals surface area contributed by atoms with E-state index in [0.29, 0.717) is 56.5 Å². The summed E-state index contributed by atoms with van der Waals surface area (Å²) in [6.45, 7) is 30.8. The molecule has 0 bridgehead atoms. The Morgan fingerprint density at radius 1 is 0.417 bits per heavy atom. The molecule has 0 aromatic heterocycles. The zero-order valence-electron chi connectivity index (χ0n) is 45.9. The molecule has 5 fully saturated rings. The summed E-state index contributed by atoms with van der Waals surface area (Å²) in [5.41, 5.74) is 8.35. The Morgan fingerprint density at radius 3 is 0.931 bits per heavy atom. The second-order valence-corrected chi connectivity index (χ2v) is 22.9. The molecule has 5 aliphatic rings. The van der Waals surface area contributed by atoms with Crippen LogP contribution in [0.15, 0.2) is 36.4 Å². The average molecular weight is 995 g/mol. The number of benzene rings is 3. The minimum Gasteiger partial charge on any atom is -0.507 e. The fourth-order valence-electron chi connectivity index (χ4n) is 11.6. The van der Waals surface area contributed by atoms with Gasteiger partial charge < -0.3 is 50.0 Å². The number of nitrogens with one attached hydrogen (secondary N) is 1. The molecule has 400 valence electrons. The van der Waals surface area contributed by atoms with Crippen molar-refractivity contribution in [3.63, 3.8) is 0 Å². The van der Waals surface area contributed by atoms with E-state index in [1.54, 1.807) is 0 Å². The molecule has 0 atom stereocenters. The van der Waals surface area contributed by atoms with Crippen LogP contribution in [-0.2, 0) is 44.7 Å². The van der Waals surface area contributed by atoms with E-state index >= 15 is 0 Å². The first-order chi connectivity index (χ1) is 34.6. The monoisotopic (exact) mass is 995 g/mol. The van der Waals surface area contributed by atoms with Crippen molar-refractivity contribution in [3.8, 4) is 17.2 Å². The standard InChI is InChI=1S/C57H94N12O3/c1-9-11-59(3)12-10-58-39-45-33-51(34-46(54(45)70)40-65-23-13-60(4)14-24-65)57(2,52-35-47(41-66-25-15-61(5)16-26-66)55(71)48(36-52)42-67-27-17-62(6)18-28-67)53-37-49(43-68-29-19-63(7)20-30-68)56(72)50(38-53)44-69-31-21-64(8)22-32-69/h33-38,58,70-72H,9-32,39-44H2,1-8H3.